The Balaban J connectivity index is 1.51. The second kappa shape index (κ2) is 8.03. The van der Waals surface area contributed by atoms with Crippen LogP contribution in [0.1, 0.15) is 15.9 Å². The Morgan fingerprint density at radius 1 is 1.07 bits per heavy atom. The van der Waals surface area contributed by atoms with Crippen LogP contribution in [0.25, 0.3) is 10.9 Å². The van der Waals surface area contributed by atoms with Crippen LogP contribution in [-0.4, -0.2) is 48.6 Å². The van der Waals surface area contributed by atoms with Gasteiger partial charge in [0.2, 0.25) is 0 Å². The molecule has 4 rings (SSSR count). The molecule has 0 spiro atoms. The predicted molar refractivity (Wildman–Crippen MR) is 108 cm³/mol. The van der Waals surface area contributed by atoms with Gasteiger partial charge in [-0.05, 0) is 37.3 Å². The van der Waals surface area contributed by atoms with Gasteiger partial charge in [0.25, 0.3) is 5.91 Å². The Kier molecular flexibility index (Phi) is 5.29. The molecule has 150 valence electrons. The van der Waals surface area contributed by atoms with E-state index in [9.17, 15) is 13.6 Å². The van der Waals surface area contributed by atoms with E-state index in [0.29, 0.717) is 26.2 Å². The molecule has 1 aromatic heterocycles. The maximum atomic E-state index is 12.9. The zero-order chi connectivity index (χ0) is 20.4. The number of carbonyl (C=O) groups is 1. The van der Waals surface area contributed by atoms with Crippen molar-refractivity contribution < 1.29 is 18.3 Å². The monoisotopic (exact) mass is 397 g/mol. The smallest absolute Gasteiger partial charge is 0.387 e. The molecule has 0 aliphatic carbocycles. The Labute approximate surface area is 167 Å². The van der Waals surface area contributed by atoms with Crippen molar-refractivity contribution in [2.45, 2.75) is 13.5 Å². The summed E-state index contributed by atoms with van der Waals surface area (Å²) >= 11 is 0. The second-order valence-electron chi connectivity index (χ2n) is 7.00. The van der Waals surface area contributed by atoms with E-state index in [1.54, 1.807) is 23.2 Å². The van der Waals surface area contributed by atoms with E-state index in [1.165, 1.54) is 12.1 Å². The fourth-order valence-corrected chi connectivity index (χ4v) is 3.68. The number of hydrogen-bond donors (Lipinski definition) is 0. The highest BCUT2D eigenvalue weighted by molar-refractivity contribution is 5.97. The van der Waals surface area contributed by atoms with Crippen molar-refractivity contribution in [3.8, 4) is 5.75 Å². The molecule has 0 unspecified atom stereocenters. The summed E-state index contributed by atoms with van der Waals surface area (Å²) in [6.45, 7) is 1.37. The molecule has 0 atom stereocenters. The van der Waals surface area contributed by atoms with E-state index in [-0.39, 0.29) is 17.2 Å². The fraction of sp³-hybridized carbons (Fsp3) is 0.273. The van der Waals surface area contributed by atoms with Crippen LogP contribution in [0.15, 0.2) is 54.7 Å². The van der Waals surface area contributed by atoms with Gasteiger partial charge in [0.1, 0.15) is 5.75 Å². The first-order valence-electron chi connectivity index (χ1n) is 9.46. The Morgan fingerprint density at radius 2 is 1.83 bits per heavy atom. The number of hydrogen-bond acceptors (Lipinski definition) is 4. The number of pyridine rings is 1. The van der Waals surface area contributed by atoms with Gasteiger partial charge < -0.3 is 14.5 Å². The maximum Gasteiger partial charge on any atom is 0.387 e. The number of fused-ring (bicyclic) bond motifs is 1. The average Bonchev–Trinajstić information content (AvgIpc) is 2.73. The molecule has 0 N–H and O–H groups in total. The summed E-state index contributed by atoms with van der Waals surface area (Å²) in [7, 11) is 0. The molecule has 5 nitrogen and oxygen atoms in total. The number of aryl methyl sites for hydroxylation is 1. The Hall–Kier alpha value is -3.22. The second-order valence-corrected chi connectivity index (χ2v) is 7.00. The number of halogens is 2. The van der Waals surface area contributed by atoms with Crippen LogP contribution >= 0.6 is 0 Å². The number of anilines is 1. The number of benzene rings is 2. The minimum Gasteiger partial charge on any atom is -0.434 e. The van der Waals surface area contributed by atoms with E-state index in [0.717, 1.165) is 22.2 Å². The Morgan fingerprint density at radius 3 is 2.59 bits per heavy atom. The summed E-state index contributed by atoms with van der Waals surface area (Å²) < 4.78 is 29.8. The molecule has 2 aromatic carbocycles. The summed E-state index contributed by atoms with van der Waals surface area (Å²) in [6, 6.07) is 14.3. The number of amides is 1. The SMILES string of the molecule is Cc1ccc2nccc(N3CCN(C(=O)c4ccccc4OC(F)F)CC3)c2c1. The number of rotatable bonds is 4. The topological polar surface area (TPSA) is 45.7 Å². The van der Waals surface area contributed by atoms with Gasteiger partial charge in [-0.1, -0.05) is 23.8 Å². The van der Waals surface area contributed by atoms with Gasteiger partial charge in [-0.2, -0.15) is 8.78 Å². The molecule has 1 aliphatic rings. The van der Waals surface area contributed by atoms with E-state index in [1.807, 2.05) is 25.1 Å². The lowest BCUT2D eigenvalue weighted by Crippen LogP contribution is -2.49. The van der Waals surface area contributed by atoms with Gasteiger partial charge in [-0.15, -0.1) is 0 Å². The minimum atomic E-state index is -2.97. The molecule has 1 amide bonds. The van der Waals surface area contributed by atoms with Crippen molar-refractivity contribution in [3.05, 3.63) is 65.9 Å². The molecule has 2 heterocycles. The Bertz CT molecular complexity index is 1030. The van der Waals surface area contributed by atoms with Crippen LogP contribution in [0.5, 0.6) is 5.75 Å². The number of carbonyl (C=O) groups excluding carboxylic acids is 1. The molecular formula is C22H21F2N3O2. The van der Waals surface area contributed by atoms with Crippen LogP contribution < -0.4 is 9.64 Å². The van der Waals surface area contributed by atoms with Gasteiger partial charge in [0, 0.05) is 43.4 Å². The third kappa shape index (κ3) is 3.99. The van der Waals surface area contributed by atoms with Crippen molar-refractivity contribution in [2.24, 2.45) is 0 Å². The van der Waals surface area contributed by atoms with E-state index in [2.05, 4.69) is 20.7 Å². The van der Waals surface area contributed by atoms with Crippen molar-refractivity contribution >= 4 is 22.5 Å². The van der Waals surface area contributed by atoms with E-state index >= 15 is 0 Å². The van der Waals surface area contributed by atoms with Gasteiger partial charge in [-0.25, -0.2) is 0 Å². The van der Waals surface area contributed by atoms with Gasteiger partial charge in [0.15, 0.2) is 0 Å². The van der Waals surface area contributed by atoms with Crippen molar-refractivity contribution in [2.75, 3.05) is 31.1 Å². The quantitative estimate of drug-likeness (QED) is 0.665. The molecule has 29 heavy (non-hydrogen) atoms. The van der Waals surface area contributed by atoms with Crippen molar-refractivity contribution in [3.63, 3.8) is 0 Å². The van der Waals surface area contributed by atoms with Crippen LogP contribution in [0.3, 0.4) is 0 Å². The zero-order valence-electron chi connectivity index (χ0n) is 16.0. The molecule has 1 aliphatic heterocycles. The molecular weight excluding hydrogens is 376 g/mol. The number of nitrogens with zero attached hydrogens (tertiary/aromatic N) is 3. The molecule has 3 aromatic rings. The lowest BCUT2D eigenvalue weighted by molar-refractivity contribution is -0.0502. The summed E-state index contributed by atoms with van der Waals surface area (Å²) in [5, 5.41) is 1.09. The van der Waals surface area contributed by atoms with Gasteiger partial charge in [-0.3, -0.25) is 9.78 Å². The highest BCUT2D eigenvalue weighted by atomic mass is 19.3. The van der Waals surface area contributed by atoms with Crippen LogP contribution in [-0.2, 0) is 0 Å². The van der Waals surface area contributed by atoms with Gasteiger partial charge >= 0.3 is 6.61 Å². The highest BCUT2D eigenvalue weighted by Crippen LogP contribution is 2.28. The van der Waals surface area contributed by atoms with Crippen molar-refractivity contribution in [1.82, 2.24) is 9.88 Å². The molecule has 0 bridgehead atoms. The normalized spacial score (nSPS) is 14.5. The minimum absolute atomic E-state index is 0.0921. The zero-order valence-corrected chi connectivity index (χ0v) is 16.0. The highest BCUT2D eigenvalue weighted by Gasteiger charge is 2.25. The van der Waals surface area contributed by atoms with E-state index < -0.39 is 6.61 Å². The lowest BCUT2D eigenvalue weighted by Gasteiger charge is -2.36. The largest absolute Gasteiger partial charge is 0.434 e. The lowest BCUT2D eigenvalue weighted by atomic mass is 10.1. The van der Waals surface area contributed by atoms with Crippen LogP contribution in [0.2, 0.25) is 0 Å². The first-order valence-corrected chi connectivity index (χ1v) is 9.46. The van der Waals surface area contributed by atoms with Crippen LogP contribution in [0, 0.1) is 6.92 Å². The number of para-hydroxylation sites is 1. The van der Waals surface area contributed by atoms with Crippen molar-refractivity contribution in [1.29, 1.82) is 0 Å². The molecule has 0 saturated carbocycles. The average molecular weight is 397 g/mol. The molecule has 7 heteroatoms. The summed E-state index contributed by atoms with van der Waals surface area (Å²) in [5.74, 6) is -0.387. The molecule has 1 fully saturated rings. The third-order valence-corrected chi connectivity index (χ3v) is 5.12. The summed E-state index contributed by atoms with van der Waals surface area (Å²) in [6.07, 6.45) is 1.79. The summed E-state index contributed by atoms with van der Waals surface area (Å²) in [4.78, 5) is 21.2. The summed E-state index contributed by atoms with van der Waals surface area (Å²) in [5.41, 5.74) is 3.35. The first-order chi connectivity index (χ1) is 14.0. The molecule has 0 radical (unpaired) electrons. The van der Waals surface area contributed by atoms with Gasteiger partial charge in [0.05, 0.1) is 11.1 Å². The first kappa shape index (κ1) is 19.1. The third-order valence-electron chi connectivity index (χ3n) is 5.12. The standard InChI is InChI=1S/C22H21F2N3O2/c1-15-6-7-18-17(14-15)19(8-9-25-18)26-10-12-27(13-11-26)21(28)16-4-2-3-5-20(16)29-22(23)24/h2-9,14,22H,10-13H2,1H3. The molecule has 1 saturated heterocycles. The predicted octanol–water partition coefficient (Wildman–Crippen LogP) is 4.11. The fourth-order valence-electron chi connectivity index (χ4n) is 3.68. The number of alkyl halides is 2. The number of aromatic nitrogens is 1. The van der Waals surface area contributed by atoms with E-state index in [4.69, 9.17) is 0 Å². The maximum absolute atomic E-state index is 12.9. The van der Waals surface area contributed by atoms with Crippen LogP contribution in [0.4, 0.5) is 14.5 Å². The number of ether oxygens (including phenoxy) is 1. The number of piperazine rings is 1.